The maximum absolute atomic E-state index is 13.9. The summed E-state index contributed by atoms with van der Waals surface area (Å²) >= 11 is 0. The molecule has 50 heavy (non-hydrogen) atoms. The molecule has 1 saturated heterocycles. The number of nitrogens with zero attached hydrogens (tertiary/aromatic N) is 2. The number of hydrogen-bond acceptors (Lipinski definition) is 12. The van der Waals surface area contributed by atoms with Gasteiger partial charge in [0.05, 0.1) is 42.0 Å². The summed E-state index contributed by atoms with van der Waals surface area (Å²) in [4.78, 5) is 47.5. The van der Waals surface area contributed by atoms with E-state index in [1.807, 2.05) is 25.1 Å². The van der Waals surface area contributed by atoms with Gasteiger partial charge in [-0.25, -0.2) is 0 Å². The fourth-order valence-corrected chi connectivity index (χ4v) is 7.80. The first kappa shape index (κ1) is 33.8. The zero-order chi connectivity index (χ0) is 35.6. The first-order valence-electron chi connectivity index (χ1n) is 16.5. The van der Waals surface area contributed by atoms with Gasteiger partial charge in [-0.1, -0.05) is 30.3 Å². The number of amidine groups is 1. The van der Waals surface area contributed by atoms with Crippen LogP contribution >= 0.6 is 0 Å². The topological polar surface area (TPSA) is 196 Å². The van der Waals surface area contributed by atoms with Crippen LogP contribution in [0.3, 0.4) is 0 Å². The van der Waals surface area contributed by atoms with Crippen molar-refractivity contribution >= 4 is 28.9 Å². The number of aliphatic imine (C=N–C) groups is 1. The van der Waals surface area contributed by atoms with Gasteiger partial charge in [-0.05, 0) is 38.0 Å². The van der Waals surface area contributed by atoms with Crippen molar-refractivity contribution in [3.8, 4) is 17.2 Å². The second kappa shape index (κ2) is 12.6. The van der Waals surface area contributed by atoms with E-state index >= 15 is 0 Å². The van der Waals surface area contributed by atoms with Gasteiger partial charge in [0.25, 0.3) is 0 Å². The minimum atomic E-state index is -2.27. The van der Waals surface area contributed by atoms with Crippen molar-refractivity contribution in [2.45, 2.75) is 75.8 Å². The molecule has 0 saturated carbocycles. The number of methoxy groups -OCH3 is 1. The van der Waals surface area contributed by atoms with E-state index in [1.54, 1.807) is 6.92 Å². The second-order valence-corrected chi connectivity index (χ2v) is 13.3. The van der Waals surface area contributed by atoms with Crippen molar-refractivity contribution in [3.05, 3.63) is 81.4 Å². The predicted octanol–water partition coefficient (Wildman–Crippen LogP) is 2.52. The summed E-state index contributed by atoms with van der Waals surface area (Å²) in [5.41, 5.74) is -1.42. The number of benzene rings is 3. The molecule has 1 fully saturated rings. The van der Waals surface area contributed by atoms with Crippen LogP contribution in [0.25, 0.3) is 0 Å². The molecule has 0 amide bonds. The zero-order valence-electron chi connectivity index (χ0n) is 27.8. The summed E-state index contributed by atoms with van der Waals surface area (Å²) in [6.45, 7) is 3.21. The molecule has 0 spiro atoms. The third-order valence-corrected chi connectivity index (χ3v) is 10.4. The summed E-state index contributed by atoms with van der Waals surface area (Å²) in [5.74, 6) is -3.08. The lowest BCUT2D eigenvalue weighted by Crippen LogP contribution is -2.50. The molecule has 3 aromatic carbocycles. The third kappa shape index (κ3) is 5.28. The number of aromatic hydroxyl groups is 2. The highest BCUT2D eigenvalue weighted by atomic mass is 16.7. The Bertz CT molecular complexity index is 1960. The Morgan fingerprint density at radius 1 is 1.06 bits per heavy atom. The molecule has 13 nitrogen and oxygen atoms in total. The first-order chi connectivity index (χ1) is 23.9. The highest BCUT2D eigenvalue weighted by Gasteiger charge is 2.50. The van der Waals surface area contributed by atoms with Crippen molar-refractivity contribution in [2.75, 3.05) is 25.2 Å². The molecular formula is C37H38N2O11. The number of phenols is 2. The molecule has 0 aromatic heterocycles. The molecule has 5 N–H and O–H groups in total. The quantitative estimate of drug-likeness (QED) is 0.113. The smallest absolute Gasteiger partial charge is 0.202 e. The average molecular weight is 687 g/mol. The lowest BCUT2D eigenvalue weighted by Gasteiger charge is -2.42. The van der Waals surface area contributed by atoms with E-state index in [-0.39, 0.29) is 34.4 Å². The Morgan fingerprint density at radius 2 is 1.80 bits per heavy atom. The van der Waals surface area contributed by atoms with E-state index < -0.39 is 95.7 Å². The minimum absolute atomic E-state index is 0.0379. The van der Waals surface area contributed by atoms with Gasteiger partial charge in [0.2, 0.25) is 5.78 Å². The molecule has 4 aliphatic rings. The number of carbonyl (C=O) groups is 3. The summed E-state index contributed by atoms with van der Waals surface area (Å²) in [6.07, 6.45) is -4.41. The van der Waals surface area contributed by atoms with E-state index in [2.05, 4.69) is 11.0 Å². The van der Waals surface area contributed by atoms with Gasteiger partial charge in [-0.3, -0.25) is 19.4 Å². The number of ether oxygens (including phenoxy) is 3. The van der Waals surface area contributed by atoms with Crippen LogP contribution in [0.5, 0.6) is 17.2 Å². The Morgan fingerprint density at radius 3 is 2.54 bits per heavy atom. The number of phenolic OH excluding ortho intramolecular Hbond substituents is 2. The third-order valence-electron chi connectivity index (χ3n) is 10.4. The highest BCUT2D eigenvalue weighted by Crippen LogP contribution is 2.52. The van der Waals surface area contributed by atoms with Crippen LogP contribution in [0.15, 0.2) is 47.5 Å². The second-order valence-electron chi connectivity index (χ2n) is 13.3. The number of Topliss-reactive ketones (excluding diaryl/α,β-unsaturated/α-hetero) is 1. The summed E-state index contributed by atoms with van der Waals surface area (Å²) in [6, 6.07) is 11.7. The van der Waals surface area contributed by atoms with Crippen molar-refractivity contribution in [3.63, 3.8) is 0 Å². The number of carbonyl (C=O) groups excluding carboxylic acids is 3. The lowest BCUT2D eigenvalue weighted by molar-refractivity contribution is -0.247. The van der Waals surface area contributed by atoms with Gasteiger partial charge < -0.3 is 44.6 Å². The average Bonchev–Trinajstić information content (AvgIpc) is 3.54. The fraction of sp³-hybridized carbons (Fsp3) is 0.405. The van der Waals surface area contributed by atoms with Gasteiger partial charge in [0, 0.05) is 48.2 Å². The Labute approximate surface area is 287 Å². The Kier molecular flexibility index (Phi) is 8.51. The van der Waals surface area contributed by atoms with Gasteiger partial charge >= 0.3 is 0 Å². The van der Waals surface area contributed by atoms with Crippen molar-refractivity contribution in [1.29, 1.82) is 0 Å². The van der Waals surface area contributed by atoms with E-state index in [4.69, 9.17) is 19.2 Å². The van der Waals surface area contributed by atoms with Crippen LogP contribution in [0.2, 0.25) is 0 Å². The van der Waals surface area contributed by atoms with Gasteiger partial charge in [0.15, 0.2) is 17.9 Å². The standard InChI is InChI=1S/C37H38N2O11/c1-17-32(42)22(38-18(2)39-12-11-19-7-4-5-9-23(19)39)13-27(49-17)50-25-15-37(47,26(41)16-40)14-21-29(25)36(46)31-30(34(21)44)33(43)20-8-6-10-24(48-3)28(20)35(31)45/h4-10,17,22,25,27,32,40,42,44,46-47H,11-16H2,1-3H3/t17?,22-,25-,27?,32+,37?/m0/s1. The molecule has 2 aliphatic heterocycles. The number of aliphatic hydroxyl groups excluding tert-OH is 2. The lowest BCUT2D eigenvalue weighted by atomic mass is 9.72. The van der Waals surface area contributed by atoms with E-state index in [0.717, 1.165) is 18.7 Å². The van der Waals surface area contributed by atoms with E-state index in [9.17, 15) is 39.9 Å². The molecule has 7 rings (SSSR count). The minimum Gasteiger partial charge on any atom is -0.507 e. The van der Waals surface area contributed by atoms with Crippen molar-refractivity contribution in [1.82, 2.24) is 0 Å². The van der Waals surface area contributed by atoms with Crippen LogP contribution in [-0.4, -0.2) is 99.1 Å². The summed E-state index contributed by atoms with van der Waals surface area (Å²) in [5, 5.41) is 55.8. The molecule has 262 valence electrons. The molecule has 0 radical (unpaired) electrons. The zero-order valence-corrected chi connectivity index (χ0v) is 27.8. The van der Waals surface area contributed by atoms with Crippen LogP contribution < -0.4 is 9.64 Å². The highest BCUT2D eigenvalue weighted by molar-refractivity contribution is 6.31. The normalized spacial score (nSPS) is 27.4. The van der Waals surface area contributed by atoms with E-state index in [1.165, 1.54) is 30.9 Å². The molecule has 3 aromatic rings. The number of rotatable bonds is 6. The molecule has 2 heterocycles. The number of anilines is 1. The molecule has 2 aliphatic carbocycles. The molecule has 13 heteroatoms. The number of hydrogen-bond donors (Lipinski definition) is 5. The number of fused-ring (bicyclic) bond motifs is 4. The van der Waals surface area contributed by atoms with Gasteiger partial charge in [0.1, 0.15) is 41.4 Å². The maximum Gasteiger partial charge on any atom is 0.202 e. The SMILES string of the molecule is COc1cccc2c1C(=O)c1c(O)c3c(c(O)c1C2=O)CC(O)(C(=O)CO)C[C@@H]3OC1C[C@H](N=C(C)N2CCc3ccccc32)[C@H](O)C(C)O1. The molecule has 3 unspecified atom stereocenters. The van der Waals surface area contributed by atoms with Crippen LogP contribution in [0.1, 0.15) is 81.3 Å². The van der Waals surface area contributed by atoms with Gasteiger partial charge in [-0.15, -0.1) is 0 Å². The number of ketones is 3. The molecule has 6 atom stereocenters. The van der Waals surface area contributed by atoms with Crippen molar-refractivity contribution < 1.29 is 54.1 Å². The predicted molar refractivity (Wildman–Crippen MR) is 178 cm³/mol. The van der Waals surface area contributed by atoms with Crippen LogP contribution in [-0.2, 0) is 27.1 Å². The maximum atomic E-state index is 13.9. The van der Waals surface area contributed by atoms with Crippen LogP contribution in [0, 0.1) is 0 Å². The molecule has 0 bridgehead atoms. The summed E-state index contributed by atoms with van der Waals surface area (Å²) in [7, 11) is 1.33. The fourth-order valence-electron chi connectivity index (χ4n) is 7.80. The monoisotopic (exact) mass is 686 g/mol. The number of aliphatic hydroxyl groups is 3. The van der Waals surface area contributed by atoms with Crippen LogP contribution in [0.4, 0.5) is 5.69 Å². The number of para-hydroxylation sites is 1. The van der Waals surface area contributed by atoms with Gasteiger partial charge in [-0.2, -0.15) is 0 Å². The Balaban J connectivity index is 1.27. The summed E-state index contributed by atoms with van der Waals surface area (Å²) < 4.78 is 17.7. The van der Waals surface area contributed by atoms with E-state index in [0.29, 0.717) is 5.84 Å². The first-order valence-corrected chi connectivity index (χ1v) is 16.5. The largest absolute Gasteiger partial charge is 0.507 e. The van der Waals surface area contributed by atoms with Crippen molar-refractivity contribution in [2.24, 2.45) is 4.99 Å². The molecular weight excluding hydrogens is 648 g/mol. The Hall–Kier alpha value is -4.66.